The summed E-state index contributed by atoms with van der Waals surface area (Å²) >= 11 is 0. The maximum absolute atomic E-state index is 11.7. The summed E-state index contributed by atoms with van der Waals surface area (Å²) in [6.07, 6.45) is 1.36. The van der Waals surface area contributed by atoms with E-state index in [1.807, 2.05) is 13.8 Å². The maximum Gasteiger partial charge on any atom is 0.335 e. The largest absolute Gasteiger partial charge is 0.478 e. The number of carbonyl (C=O) groups is 2. The number of hydrogen-bond acceptors (Lipinski definition) is 3. The van der Waals surface area contributed by atoms with Gasteiger partial charge in [-0.05, 0) is 26.0 Å². The molecule has 17 heavy (non-hydrogen) atoms. The van der Waals surface area contributed by atoms with E-state index in [1.165, 1.54) is 30.3 Å². The molecule has 0 fully saturated rings. The fraction of sp³-hybridized carbons (Fsp3) is 0.364. The lowest BCUT2D eigenvalue weighted by Crippen LogP contribution is -2.41. The number of aromatic carboxylic acids is 1. The van der Waals surface area contributed by atoms with Crippen LogP contribution >= 0.6 is 0 Å². The van der Waals surface area contributed by atoms with Crippen molar-refractivity contribution in [3.63, 3.8) is 0 Å². The first-order chi connectivity index (χ1) is 7.91. The van der Waals surface area contributed by atoms with Crippen molar-refractivity contribution in [3.8, 4) is 0 Å². The van der Waals surface area contributed by atoms with Gasteiger partial charge in [0.15, 0.2) is 0 Å². The van der Waals surface area contributed by atoms with Crippen LogP contribution in [-0.4, -0.2) is 35.2 Å². The molecule has 1 aromatic heterocycles. The van der Waals surface area contributed by atoms with E-state index in [9.17, 15) is 9.59 Å². The summed E-state index contributed by atoms with van der Waals surface area (Å²) in [5.41, 5.74) is 0.0965. The summed E-state index contributed by atoms with van der Waals surface area (Å²) in [5, 5.41) is 11.5. The quantitative estimate of drug-likeness (QED) is 0.830. The minimum absolute atomic E-state index is 0.00704. The van der Waals surface area contributed by atoms with Crippen LogP contribution < -0.4 is 10.2 Å². The molecule has 0 saturated heterocycles. The zero-order chi connectivity index (χ0) is 13.0. The lowest BCUT2D eigenvalue weighted by Gasteiger charge is -2.18. The van der Waals surface area contributed by atoms with Gasteiger partial charge in [-0.2, -0.15) is 0 Å². The molecule has 0 spiro atoms. The predicted molar refractivity (Wildman–Crippen MR) is 63.3 cm³/mol. The Balaban J connectivity index is 2.88. The molecule has 1 heterocycles. The summed E-state index contributed by atoms with van der Waals surface area (Å²) in [5.74, 6) is -0.755. The average molecular weight is 237 g/mol. The monoisotopic (exact) mass is 237 g/mol. The number of carbonyl (C=O) groups excluding carboxylic acids is 1. The summed E-state index contributed by atoms with van der Waals surface area (Å²) in [7, 11) is 1.53. The van der Waals surface area contributed by atoms with E-state index in [2.05, 4.69) is 10.3 Å². The van der Waals surface area contributed by atoms with Crippen LogP contribution in [0.5, 0.6) is 0 Å². The molecule has 2 amide bonds. The van der Waals surface area contributed by atoms with Gasteiger partial charge >= 0.3 is 12.0 Å². The summed E-state index contributed by atoms with van der Waals surface area (Å²) < 4.78 is 0. The number of carboxylic acids is 1. The van der Waals surface area contributed by atoms with Crippen molar-refractivity contribution in [1.82, 2.24) is 10.3 Å². The number of nitrogens with zero attached hydrogens (tertiary/aromatic N) is 2. The SMILES string of the molecule is CC(C)NC(=O)N(C)c1cc(C(=O)O)ccn1. The van der Waals surface area contributed by atoms with Crippen LogP contribution in [0, 0.1) is 0 Å². The van der Waals surface area contributed by atoms with Crippen LogP contribution in [0.4, 0.5) is 10.6 Å². The van der Waals surface area contributed by atoms with Crippen molar-refractivity contribution >= 4 is 17.8 Å². The molecule has 0 radical (unpaired) electrons. The molecule has 0 aliphatic heterocycles. The molecule has 0 saturated carbocycles. The van der Waals surface area contributed by atoms with Crippen LogP contribution in [-0.2, 0) is 0 Å². The Kier molecular flexibility index (Phi) is 4.03. The molecule has 0 unspecified atom stereocenters. The summed E-state index contributed by atoms with van der Waals surface area (Å²) in [6.45, 7) is 3.68. The molecular formula is C11H15N3O3. The van der Waals surface area contributed by atoms with Crippen molar-refractivity contribution in [2.45, 2.75) is 19.9 Å². The first kappa shape index (κ1) is 13.0. The zero-order valence-electron chi connectivity index (χ0n) is 9.97. The molecule has 6 heteroatoms. The number of aromatic nitrogens is 1. The smallest absolute Gasteiger partial charge is 0.335 e. The highest BCUT2D eigenvalue weighted by molar-refractivity contribution is 5.93. The Hall–Kier alpha value is -2.11. The molecule has 0 bridgehead atoms. The Morgan fingerprint density at radius 3 is 2.65 bits per heavy atom. The van der Waals surface area contributed by atoms with Gasteiger partial charge in [-0.15, -0.1) is 0 Å². The third-order valence-electron chi connectivity index (χ3n) is 2.05. The van der Waals surface area contributed by atoms with E-state index >= 15 is 0 Å². The van der Waals surface area contributed by atoms with Gasteiger partial charge in [0.25, 0.3) is 0 Å². The van der Waals surface area contributed by atoms with Gasteiger partial charge < -0.3 is 10.4 Å². The third kappa shape index (κ3) is 3.44. The van der Waals surface area contributed by atoms with E-state index in [4.69, 9.17) is 5.11 Å². The van der Waals surface area contributed by atoms with Crippen LogP contribution in [0.15, 0.2) is 18.3 Å². The number of hydrogen-bond donors (Lipinski definition) is 2. The zero-order valence-corrected chi connectivity index (χ0v) is 9.97. The Morgan fingerprint density at radius 2 is 2.12 bits per heavy atom. The number of carboxylic acid groups (broad SMARTS) is 1. The van der Waals surface area contributed by atoms with Gasteiger partial charge in [0, 0.05) is 19.3 Å². The minimum Gasteiger partial charge on any atom is -0.478 e. The van der Waals surface area contributed by atoms with Crippen molar-refractivity contribution in [3.05, 3.63) is 23.9 Å². The Morgan fingerprint density at radius 1 is 1.47 bits per heavy atom. The van der Waals surface area contributed by atoms with Crippen molar-refractivity contribution in [2.24, 2.45) is 0 Å². The van der Waals surface area contributed by atoms with Crippen LogP contribution in [0.3, 0.4) is 0 Å². The lowest BCUT2D eigenvalue weighted by atomic mass is 10.2. The maximum atomic E-state index is 11.7. The summed E-state index contributed by atoms with van der Waals surface area (Å²) in [4.78, 5) is 27.7. The number of nitrogens with one attached hydrogen (secondary N) is 1. The van der Waals surface area contributed by atoms with E-state index in [-0.39, 0.29) is 17.6 Å². The van der Waals surface area contributed by atoms with Gasteiger partial charge in [0.05, 0.1) is 5.56 Å². The van der Waals surface area contributed by atoms with Crippen molar-refractivity contribution in [1.29, 1.82) is 0 Å². The van der Waals surface area contributed by atoms with Gasteiger partial charge in [0.1, 0.15) is 5.82 Å². The second-order valence-electron chi connectivity index (χ2n) is 3.87. The number of rotatable bonds is 3. The Bertz CT molecular complexity index is 432. The summed E-state index contributed by atoms with van der Waals surface area (Å²) in [6, 6.07) is 2.41. The van der Waals surface area contributed by atoms with E-state index < -0.39 is 5.97 Å². The highest BCUT2D eigenvalue weighted by Crippen LogP contribution is 2.11. The highest BCUT2D eigenvalue weighted by Gasteiger charge is 2.14. The fourth-order valence-electron chi connectivity index (χ4n) is 1.18. The molecule has 0 atom stereocenters. The average Bonchev–Trinajstić information content (AvgIpc) is 2.27. The predicted octanol–water partition coefficient (Wildman–Crippen LogP) is 1.33. The fourth-order valence-corrected chi connectivity index (χ4v) is 1.18. The van der Waals surface area contributed by atoms with Crippen molar-refractivity contribution in [2.75, 3.05) is 11.9 Å². The minimum atomic E-state index is -1.05. The molecule has 0 aliphatic rings. The molecule has 0 aliphatic carbocycles. The topological polar surface area (TPSA) is 82.5 Å². The lowest BCUT2D eigenvalue weighted by molar-refractivity contribution is 0.0696. The molecule has 6 nitrogen and oxygen atoms in total. The van der Waals surface area contributed by atoms with Gasteiger partial charge in [-0.1, -0.05) is 0 Å². The van der Waals surface area contributed by atoms with Gasteiger partial charge in [0.2, 0.25) is 0 Å². The van der Waals surface area contributed by atoms with E-state index in [0.29, 0.717) is 5.82 Å². The second-order valence-corrected chi connectivity index (χ2v) is 3.87. The third-order valence-corrected chi connectivity index (χ3v) is 2.05. The number of amides is 2. The van der Waals surface area contributed by atoms with Crippen LogP contribution in [0.2, 0.25) is 0 Å². The second kappa shape index (κ2) is 5.29. The van der Waals surface area contributed by atoms with Crippen LogP contribution in [0.1, 0.15) is 24.2 Å². The number of anilines is 1. The molecule has 92 valence electrons. The number of pyridine rings is 1. The molecular weight excluding hydrogens is 222 g/mol. The molecule has 2 N–H and O–H groups in total. The van der Waals surface area contributed by atoms with Crippen LogP contribution in [0.25, 0.3) is 0 Å². The molecule has 1 rings (SSSR count). The van der Waals surface area contributed by atoms with Crippen molar-refractivity contribution < 1.29 is 14.7 Å². The highest BCUT2D eigenvalue weighted by atomic mass is 16.4. The van der Waals surface area contributed by atoms with Gasteiger partial charge in [-0.3, -0.25) is 4.90 Å². The van der Waals surface area contributed by atoms with Gasteiger partial charge in [-0.25, -0.2) is 14.6 Å². The first-order valence-electron chi connectivity index (χ1n) is 5.15. The Labute approximate surface area is 99.3 Å². The standard InChI is InChI=1S/C11H15N3O3/c1-7(2)13-11(17)14(3)9-6-8(10(15)16)4-5-12-9/h4-7H,1-3H3,(H,13,17)(H,15,16). The molecule has 0 aromatic carbocycles. The normalized spacial score (nSPS) is 10.1. The van der Waals surface area contributed by atoms with E-state index in [0.717, 1.165) is 0 Å². The first-order valence-corrected chi connectivity index (χ1v) is 5.15. The van der Waals surface area contributed by atoms with E-state index in [1.54, 1.807) is 0 Å². The number of urea groups is 1. The molecule has 1 aromatic rings.